The third-order valence-corrected chi connectivity index (χ3v) is 7.04. The van der Waals surface area contributed by atoms with Gasteiger partial charge >= 0.3 is 0 Å². The lowest BCUT2D eigenvalue weighted by atomic mass is 9.96. The quantitative estimate of drug-likeness (QED) is 0.463. The van der Waals surface area contributed by atoms with Gasteiger partial charge in [0.15, 0.2) is 11.6 Å². The van der Waals surface area contributed by atoms with Crippen LogP contribution in [0.2, 0.25) is 0 Å². The number of carbonyl (C=O) groups is 1. The lowest BCUT2D eigenvalue weighted by molar-refractivity contribution is -0.125. The molecule has 1 amide bonds. The molecule has 0 radical (unpaired) electrons. The third kappa shape index (κ3) is 4.78. The van der Waals surface area contributed by atoms with E-state index in [1.165, 1.54) is 0 Å². The number of piperidine rings is 1. The molecule has 1 fully saturated rings. The summed E-state index contributed by atoms with van der Waals surface area (Å²) in [7, 11) is 0. The minimum Gasteiger partial charge on any atom is -0.463 e. The van der Waals surface area contributed by atoms with Crippen LogP contribution in [0.4, 0.5) is 5.82 Å². The van der Waals surface area contributed by atoms with Crippen molar-refractivity contribution in [3.05, 3.63) is 65.6 Å². The number of hydrogen-bond donors (Lipinski definition) is 1. The Kier molecular flexibility index (Phi) is 6.12. The van der Waals surface area contributed by atoms with E-state index in [-0.39, 0.29) is 11.8 Å². The summed E-state index contributed by atoms with van der Waals surface area (Å²) in [5.41, 5.74) is 2.66. The van der Waals surface area contributed by atoms with E-state index < -0.39 is 0 Å². The van der Waals surface area contributed by atoms with Crippen LogP contribution in [0.25, 0.3) is 22.0 Å². The summed E-state index contributed by atoms with van der Waals surface area (Å²) >= 11 is 1.60. The van der Waals surface area contributed by atoms with Gasteiger partial charge in [0.25, 0.3) is 0 Å². The fourth-order valence-corrected chi connectivity index (χ4v) is 4.93. The summed E-state index contributed by atoms with van der Waals surface area (Å²) in [6, 6.07) is 11.5. The molecule has 0 aromatic carbocycles. The summed E-state index contributed by atoms with van der Waals surface area (Å²) in [5.74, 6) is 1.63. The van der Waals surface area contributed by atoms with Gasteiger partial charge in [0.05, 0.1) is 18.5 Å². The van der Waals surface area contributed by atoms with E-state index in [0.29, 0.717) is 18.0 Å². The van der Waals surface area contributed by atoms with Crippen LogP contribution in [0.3, 0.4) is 0 Å². The number of carbonyl (C=O) groups excluding carboxylic acids is 1. The second-order valence-electron chi connectivity index (χ2n) is 8.00. The maximum absolute atomic E-state index is 12.8. The molecule has 9 heteroatoms. The lowest BCUT2D eigenvalue weighted by Crippen LogP contribution is -2.40. The maximum atomic E-state index is 12.8. The summed E-state index contributed by atoms with van der Waals surface area (Å²) in [5, 5.41) is 12.7. The number of nitrogens with zero attached hydrogens (tertiary/aromatic N) is 5. The van der Waals surface area contributed by atoms with E-state index in [2.05, 4.69) is 30.4 Å². The highest BCUT2D eigenvalue weighted by Gasteiger charge is 2.26. The van der Waals surface area contributed by atoms with Gasteiger partial charge in [-0.25, -0.2) is 4.98 Å². The Morgan fingerprint density at radius 3 is 2.76 bits per heavy atom. The fraction of sp³-hybridized carbons (Fsp3) is 0.292. The van der Waals surface area contributed by atoms with Crippen molar-refractivity contribution in [2.24, 2.45) is 5.92 Å². The molecule has 168 valence electrons. The Hall–Kier alpha value is -3.59. The summed E-state index contributed by atoms with van der Waals surface area (Å²) in [6.45, 7) is 4.03. The molecule has 0 bridgehead atoms. The molecular weight excluding hydrogens is 436 g/mol. The average molecular weight is 461 g/mol. The Morgan fingerprint density at radius 2 is 2.06 bits per heavy atom. The Morgan fingerprint density at radius 1 is 1.18 bits per heavy atom. The van der Waals surface area contributed by atoms with Crippen LogP contribution >= 0.6 is 11.3 Å². The van der Waals surface area contributed by atoms with Crippen LogP contribution in [0.1, 0.15) is 23.4 Å². The molecule has 1 aliphatic rings. The first-order valence-corrected chi connectivity index (χ1v) is 11.8. The monoisotopic (exact) mass is 460 g/mol. The molecule has 4 aromatic rings. The van der Waals surface area contributed by atoms with Crippen molar-refractivity contribution in [3.8, 4) is 22.0 Å². The maximum Gasteiger partial charge on any atom is 0.223 e. The number of hydrogen-bond acceptors (Lipinski definition) is 8. The van der Waals surface area contributed by atoms with Crippen molar-refractivity contribution in [1.29, 1.82) is 0 Å². The molecule has 5 rings (SSSR count). The number of thiazole rings is 1. The van der Waals surface area contributed by atoms with E-state index in [4.69, 9.17) is 4.42 Å². The zero-order chi connectivity index (χ0) is 22.6. The second kappa shape index (κ2) is 9.50. The molecule has 8 nitrogen and oxygen atoms in total. The van der Waals surface area contributed by atoms with Gasteiger partial charge in [-0.15, -0.1) is 21.5 Å². The van der Waals surface area contributed by atoms with Gasteiger partial charge in [-0.05, 0) is 56.2 Å². The minimum absolute atomic E-state index is 0.00243. The molecule has 1 aliphatic heterocycles. The van der Waals surface area contributed by atoms with Crippen molar-refractivity contribution in [1.82, 2.24) is 25.5 Å². The largest absolute Gasteiger partial charge is 0.463 e. The number of amides is 1. The second-order valence-corrected chi connectivity index (χ2v) is 9.09. The summed E-state index contributed by atoms with van der Waals surface area (Å²) in [6.07, 6.45) is 6.76. The van der Waals surface area contributed by atoms with E-state index >= 15 is 0 Å². The molecule has 33 heavy (non-hydrogen) atoms. The topological polar surface area (TPSA) is 97.0 Å². The highest BCUT2D eigenvalue weighted by atomic mass is 32.1. The molecule has 4 aromatic heterocycles. The molecule has 0 atom stereocenters. The normalized spacial score (nSPS) is 14.4. The number of rotatable bonds is 6. The predicted octanol–water partition coefficient (Wildman–Crippen LogP) is 4.10. The minimum atomic E-state index is 0.00243. The first-order valence-electron chi connectivity index (χ1n) is 10.9. The van der Waals surface area contributed by atoms with E-state index in [1.54, 1.807) is 23.8 Å². The standard InChI is InChI=1S/C24H24N6O2S/c1-16-21(33-24(27-16)18-4-2-10-25-14-18)15-26-23(31)17-8-11-30(12-9-17)22-7-6-19(28-29-22)20-5-3-13-32-20/h2-7,10,13-14,17H,8-9,11-12,15H2,1H3,(H,26,31). The SMILES string of the molecule is Cc1nc(-c2cccnc2)sc1CNC(=O)C1CCN(c2ccc(-c3ccco3)nn2)CC1. The molecule has 5 heterocycles. The van der Waals surface area contributed by atoms with Gasteiger partial charge in [-0.3, -0.25) is 9.78 Å². The zero-order valence-corrected chi connectivity index (χ0v) is 19.1. The number of anilines is 1. The van der Waals surface area contributed by atoms with Gasteiger partial charge in [-0.2, -0.15) is 0 Å². The van der Waals surface area contributed by atoms with Crippen LogP contribution in [0.5, 0.6) is 0 Å². The molecule has 0 aliphatic carbocycles. The van der Waals surface area contributed by atoms with Crippen molar-refractivity contribution >= 4 is 23.1 Å². The average Bonchev–Trinajstić information content (AvgIpc) is 3.54. The number of nitrogens with one attached hydrogen (secondary N) is 1. The van der Waals surface area contributed by atoms with Gasteiger partial charge in [-0.1, -0.05) is 0 Å². The third-order valence-electron chi connectivity index (χ3n) is 5.84. The Balaban J connectivity index is 1.13. The van der Waals surface area contributed by atoms with Gasteiger partial charge in [0, 0.05) is 41.8 Å². The summed E-state index contributed by atoms with van der Waals surface area (Å²) < 4.78 is 5.36. The van der Waals surface area contributed by atoms with Gasteiger partial charge in [0.1, 0.15) is 10.7 Å². The van der Waals surface area contributed by atoms with Crippen molar-refractivity contribution in [2.45, 2.75) is 26.3 Å². The van der Waals surface area contributed by atoms with Gasteiger partial charge < -0.3 is 14.6 Å². The Bertz CT molecular complexity index is 1200. The van der Waals surface area contributed by atoms with Crippen LogP contribution < -0.4 is 10.2 Å². The Labute approximate surface area is 195 Å². The van der Waals surface area contributed by atoms with Crippen molar-refractivity contribution in [3.63, 3.8) is 0 Å². The fourth-order valence-electron chi connectivity index (χ4n) is 3.94. The molecule has 0 spiro atoms. The number of aryl methyl sites for hydroxylation is 1. The predicted molar refractivity (Wildman–Crippen MR) is 127 cm³/mol. The molecule has 0 saturated carbocycles. The van der Waals surface area contributed by atoms with E-state index in [9.17, 15) is 4.79 Å². The molecule has 1 saturated heterocycles. The number of furan rings is 1. The van der Waals surface area contributed by atoms with Crippen molar-refractivity contribution in [2.75, 3.05) is 18.0 Å². The number of aromatic nitrogens is 4. The van der Waals surface area contributed by atoms with E-state index in [1.807, 2.05) is 49.5 Å². The van der Waals surface area contributed by atoms with Crippen LogP contribution in [0.15, 0.2) is 59.5 Å². The van der Waals surface area contributed by atoms with Crippen LogP contribution in [-0.4, -0.2) is 39.2 Å². The first kappa shape index (κ1) is 21.3. The molecular formula is C24H24N6O2S. The van der Waals surface area contributed by atoms with E-state index in [0.717, 1.165) is 52.9 Å². The highest BCUT2D eigenvalue weighted by molar-refractivity contribution is 7.15. The van der Waals surface area contributed by atoms with Crippen LogP contribution in [0, 0.1) is 12.8 Å². The molecule has 1 N–H and O–H groups in total. The smallest absolute Gasteiger partial charge is 0.223 e. The zero-order valence-electron chi connectivity index (χ0n) is 18.3. The van der Waals surface area contributed by atoms with Crippen LogP contribution in [-0.2, 0) is 11.3 Å². The lowest BCUT2D eigenvalue weighted by Gasteiger charge is -2.31. The summed E-state index contributed by atoms with van der Waals surface area (Å²) in [4.78, 5) is 24.8. The van der Waals surface area contributed by atoms with Crippen molar-refractivity contribution < 1.29 is 9.21 Å². The molecule has 0 unspecified atom stereocenters. The number of pyridine rings is 1. The van der Waals surface area contributed by atoms with Gasteiger partial charge in [0.2, 0.25) is 5.91 Å². The highest BCUT2D eigenvalue weighted by Crippen LogP contribution is 2.28. The first-order chi connectivity index (χ1) is 16.2.